The standard InChI is InChI=1S/C27H24ClN3O2/c28-22-15-13-21(14-16-22)25(32)19-31-24-10-5-4-9-23(24)30-26(31)11-6-18-29-27(33)17-12-20-7-2-1-3-8-20/h1-5,7-10,12-17H,6,11,18-19H2,(H,29,33)/b17-12-. The summed E-state index contributed by atoms with van der Waals surface area (Å²) in [6.45, 7) is 0.718. The van der Waals surface area contributed by atoms with E-state index in [9.17, 15) is 9.59 Å². The first-order valence-electron chi connectivity index (χ1n) is 10.8. The molecule has 166 valence electrons. The van der Waals surface area contributed by atoms with Gasteiger partial charge in [0.05, 0.1) is 17.6 Å². The maximum atomic E-state index is 12.9. The van der Waals surface area contributed by atoms with Crippen LogP contribution < -0.4 is 5.32 Å². The molecule has 3 aromatic carbocycles. The zero-order chi connectivity index (χ0) is 23.0. The van der Waals surface area contributed by atoms with E-state index in [1.54, 1.807) is 30.3 Å². The Bertz CT molecular complexity index is 1280. The van der Waals surface area contributed by atoms with Crippen molar-refractivity contribution in [2.24, 2.45) is 0 Å². The van der Waals surface area contributed by atoms with Gasteiger partial charge in [-0.1, -0.05) is 54.1 Å². The van der Waals surface area contributed by atoms with E-state index in [-0.39, 0.29) is 18.2 Å². The molecule has 1 aromatic heterocycles. The molecule has 1 amide bonds. The van der Waals surface area contributed by atoms with E-state index in [2.05, 4.69) is 5.32 Å². The van der Waals surface area contributed by atoms with Crippen LogP contribution >= 0.6 is 11.6 Å². The Labute approximate surface area is 197 Å². The van der Waals surface area contributed by atoms with Gasteiger partial charge < -0.3 is 9.88 Å². The summed E-state index contributed by atoms with van der Waals surface area (Å²) < 4.78 is 1.96. The molecular weight excluding hydrogens is 434 g/mol. The summed E-state index contributed by atoms with van der Waals surface area (Å²) in [5.74, 6) is 0.688. The first-order valence-corrected chi connectivity index (χ1v) is 11.2. The van der Waals surface area contributed by atoms with Gasteiger partial charge in [-0.25, -0.2) is 4.98 Å². The molecule has 0 spiro atoms. The second kappa shape index (κ2) is 10.7. The van der Waals surface area contributed by atoms with E-state index in [1.807, 2.05) is 59.2 Å². The number of aryl methyl sites for hydroxylation is 1. The number of nitrogens with zero attached hydrogens (tertiary/aromatic N) is 2. The quantitative estimate of drug-likeness (QED) is 0.210. The molecule has 4 rings (SSSR count). The minimum absolute atomic E-state index is 0.00424. The number of para-hydroxylation sites is 2. The number of hydrogen-bond acceptors (Lipinski definition) is 3. The fraction of sp³-hybridized carbons (Fsp3) is 0.148. The second-order valence-electron chi connectivity index (χ2n) is 7.67. The molecule has 0 atom stereocenters. The normalized spacial score (nSPS) is 11.2. The van der Waals surface area contributed by atoms with Gasteiger partial charge in [-0.15, -0.1) is 0 Å². The number of Topliss-reactive ketones (excluding diaryl/α,β-unsaturated/α-hetero) is 1. The molecule has 0 aliphatic rings. The van der Waals surface area contributed by atoms with Crippen LogP contribution in [0, 0.1) is 0 Å². The first-order chi connectivity index (χ1) is 16.1. The van der Waals surface area contributed by atoms with Gasteiger partial charge in [0.15, 0.2) is 5.78 Å². The SMILES string of the molecule is O=C(/C=C\c1ccccc1)NCCCc1nc2ccccc2n1CC(=O)c1ccc(Cl)cc1. The lowest BCUT2D eigenvalue weighted by Crippen LogP contribution is -2.23. The highest BCUT2D eigenvalue weighted by Gasteiger charge is 2.14. The number of rotatable bonds is 9. The number of amides is 1. The van der Waals surface area contributed by atoms with Gasteiger partial charge in [-0.05, 0) is 54.5 Å². The van der Waals surface area contributed by atoms with Crippen molar-refractivity contribution in [1.82, 2.24) is 14.9 Å². The van der Waals surface area contributed by atoms with E-state index < -0.39 is 0 Å². The number of carbonyl (C=O) groups excluding carboxylic acids is 2. The Morgan fingerprint density at radius 3 is 2.45 bits per heavy atom. The molecule has 1 heterocycles. The largest absolute Gasteiger partial charge is 0.353 e. The van der Waals surface area contributed by atoms with Crippen molar-refractivity contribution in [1.29, 1.82) is 0 Å². The van der Waals surface area contributed by atoms with Crippen LogP contribution in [0.15, 0.2) is 84.9 Å². The Morgan fingerprint density at radius 1 is 0.939 bits per heavy atom. The van der Waals surface area contributed by atoms with Crippen molar-refractivity contribution in [3.8, 4) is 0 Å². The van der Waals surface area contributed by atoms with Gasteiger partial charge in [0.1, 0.15) is 5.82 Å². The van der Waals surface area contributed by atoms with Gasteiger partial charge in [-0.2, -0.15) is 0 Å². The molecule has 0 unspecified atom stereocenters. The van der Waals surface area contributed by atoms with Crippen LogP contribution in [0.3, 0.4) is 0 Å². The summed E-state index contributed by atoms with van der Waals surface area (Å²) in [5.41, 5.74) is 3.36. The summed E-state index contributed by atoms with van der Waals surface area (Å²) >= 11 is 5.95. The molecule has 0 bridgehead atoms. The minimum atomic E-state index is -0.134. The number of ketones is 1. The highest BCUT2D eigenvalue weighted by Crippen LogP contribution is 2.19. The Hall–Kier alpha value is -3.70. The number of hydrogen-bond donors (Lipinski definition) is 1. The average Bonchev–Trinajstić information content (AvgIpc) is 3.18. The Balaban J connectivity index is 1.39. The Morgan fingerprint density at radius 2 is 1.67 bits per heavy atom. The molecule has 0 aliphatic carbocycles. The molecule has 0 saturated heterocycles. The lowest BCUT2D eigenvalue weighted by Gasteiger charge is -2.09. The minimum Gasteiger partial charge on any atom is -0.353 e. The maximum absolute atomic E-state index is 12.9. The Kier molecular flexibility index (Phi) is 7.33. The molecule has 0 aliphatic heterocycles. The van der Waals surface area contributed by atoms with Crippen molar-refractivity contribution in [2.45, 2.75) is 19.4 Å². The van der Waals surface area contributed by atoms with E-state index in [0.717, 1.165) is 22.4 Å². The van der Waals surface area contributed by atoms with Crippen LogP contribution in [-0.2, 0) is 17.8 Å². The number of fused-ring (bicyclic) bond motifs is 1. The molecule has 0 saturated carbocycles. The molecule has 1 N–H and O–H groups in total. The van der Waals surface area contributed by atoms with E-state index in [0.29, 0.717) is 30.0 Å². The highest BCUT2D eigenvalue weighted by molar-refractivity contribution is 6.30. The topological polar surface area (TPSA) is 64.0 Å². The number of carbonyl (C=O) groups is 2. The van der Waals surface area contributed by atoms with E-state index in [4.69, 9.17) is 16.6 Å². The third-order valence-corrected chi connectivity index (χ3v) is 5.56. The van der Waals surface area contributed by atoms with Gasteiger partial charge in [0, 0.05) is 29.6 Å². The molecule has 0 radical (unpaired) electrons. The molecule has 6 heteroatoms. The van der Waals surface area contributed by atoms with E-state index >= 15 is 0 Å². The summed E-state index contributed by atoms with van der Waals surface area (Å²) in [4.78, 5) is 29.7. The summed E-state index contributed by atoms with van der Waals surface area (Å²) in [7, 11) is 0. The number of nitrogens with one attached hydrogen (secondary N) is 1. The zero-order valence-electron chi connectivity index (χ0n) is 18.1. The van der Waals surface area contributed by atoms with Crippen LogP contribution in [0.1, 0.15) is 28.2 Å². The predicted molar refractivity (Wildman–Crippen MR) is 132 cm³/mol. The number of halogens is 1. The maximum Gasteiger partial charge on any atom is 0.243 e. The van der Waals surface area contributed by atoms with Crippen molar-refractivity contribution >= 4 is 40.4 Å². The van der Waals surface area contributed by atoms with Gasteiger partial charge in [-0.3, -0.25) is 9.59 Å². The molecule has 33 heavy (non-hydrogen) atoms. The first kappa shape index (κ1) is 22.5. The van der Waals surface area contributed by atoms with Gasteiger partial charge in [0.25, 0.3) is 0 Å². The smallest absolute Gasteiger partial charge is 0.243 e. The lowest BCUT2D eigenvalue weighted by molar-refractivity contribution is -0.116. The lowest BCUT2D eigenvalue weighted by atomic mass is 10.1. The summed E-state index contributed by atoms with van der Waals surface area (Å²) in [5, 5.41) is 3.50. The number of imidazole rings is 1. The predicted octanol–water partition coefficient (Wildman–Crippen LogP) is 5.33. The molecule has 5 nitrogen and oxygen atoms in total. The number of benzene rings is 3. The average molecular weight is 458 g/mol. The van der Waals surface area contributed by atoms with Crippen molar-refractivity contribution < 1.29 is 9.59 Å². The van der Waals surface area contributed by atoms with Crippen molar-refractivity contribution in [3.05, 3.63) is 107 Å². The van der Waals surface area contributed by atoms with Crippen LogP contribution in [-0.4, -0.2) is 27.8 Å². The third kappa shape index (κ3) is 5.96. The number of aromatic nitrogens is 2. The highest BCUT2D eigenvalue weighted by atomic mass is 35.5. The van der Waals surface area contributed by atoms with Crippen LogP contribution in [0.25, 0.3) is 17.1 Å². The van der Waals surface area contributed by atoms with Crippen LogP contribution in [0.5, 0.6) is 0 Å². The summed E-state index contributed by atoms with van der Waals surface area (Å²) in [6, 6.07) is 24.4. The van der Waals surface area contributed by atoms with Crippen molar-refractivity contribution in [2.75, 3.05) is 6.54 Å². The third-order valence-electron chi connectivity index (χ3n) is 5.30. The van der Waals surface area contributed by atoms with E-state index in [1.165, 1.54) is 6.08 Å². The fourth-order valence-electron chi connectivity index (χ4n) is 3.62. The molecule has 0 fully saturated rings. The summed E-state index contributed by atoms with van der Waals surface area (Å²) in [6.07, 6.45) is 4.68. The fourth-order valence-corrected chi connectivity index (χ4v) is 3.74. The van der Waals surface area contributed by atoms with Crippen molar-refractivity contribution in [3.63, 3.8) is 0 Å². The second-order valence-corrected chi connectivity index (χ2v) is 8.11. The van der Waals surface area contributed by atoms with Crippen LogP contribution in [0.4, 0.5) is 0 Å². The molecule has 4 aromatic rings. The zero-order valence-corrected chi connectivity index (χ0v) is 18.8. The monoisotopic (exact) mass is 457 g/mol. The van der Waals surface area contributed by atoms with Gasteiger partial charge in [0.2, 0.25) is 5.91 Å². The van der Waals surface area contributed by atoms with Crippen LogP contribution in [0.2, 0.25) is 5.02 Å². The van der Waals surface area contributed by atoms with Gasteiger partial charge >= 0.3 is 0 Å². The molecular formula is C27H24ClN3O2.